The Kier molecular flexibility index (Phi) is 4.76. The van der Waals surface area contributed by atoms with E-state index in [0.717, 1.165) is 47.8 Å². The van der Waals surface area contributed by atoms with Crippen LogP contribution in [0.15, 0.2) is 48.5 Å². The number of rotatable bonds is 3. The maximum Gasteiger partial charge on any atom is 0.246 e. The molecule has 8 heteroatoms. The Morgan fingerprint density at radius 1 is 1.06 bits per heavy atom. The molecule has 2 aromatic carbocycles. The zero-order valence-electron chi connectivity index (χ0n) is 18.2. The Morgan fingerprint density at radius 3 is 2.64 bits per heavy atom. The summed E-state index contributed by atoms with van der Waals surface area (Å²) >= 11 is 0. The van der Waals surface area contributed by atoms with Crippen LogP contribution >= 0.6 is 0 Å². The molecule has 0 spiro atoms. The number of carbonyl (C=O) groups is 2. The molecule has 3 N–H and O–H groups in total. The van der Waals surface area contributed by atoms with Gasteiger partial charge in [-0.3, -0.25) is 9.59 Å². The van der Waals surface area contributed by atoms with Crippen molar-refractivity contribution >= 4 is 28.4 Å². The van der Waals surface area contributed by atoms with Gasteiger partial charge in [-0.2, -0.15) is 5.23 Å². The predicted molar refractivity (Wildman–Crippen MR) is 121 cm³/mol. The first-order valence-electron chi connectivity index (χ1n) is 11.6. The largest absolute Gasteiger partial charge is 0.595 e. The number of amides is 2. The number of fused-ring (bicyclic) bond motifs is 4. The van der Waals surface area contributed by atoms with Crippen molar-refractivity contribution in [2.45, 2.75) is 50.2 Å². The number of aromatic amines is 1. The highest BCUT2D eigenvalue weighted by Gasteiger charge is 2.49. The number of H-pyrrole nitrogens is 1. The molecule has 33 heavy (non-hydrogen) atoms. The van der Waals surface area contributed by atoms with Gasteiger partial charge in [0, 0.05) is 41.2 Å². The molecule has 8 nitrogen and oxygen atoms in total. The fourth-order valence-corrected chi connectivity index (χ4v) is 6.00. The molecule has 3 heterocycles. The molecule has 1 aliphatic carbocycles. The van der Waals surface area contributed by atoms with Crippen molar-refractivity contribution in [3.8, 4) is 0 Å². The lowest BCUT2D eigenvalue weighted by Crippen LogP contribution is -2.99. The second-order valence-electron chi connectivity index (χ2n) is 9.32. The summed E-state index contributed by atoms with van der Waals surface area (Å²) in [6.45, 7) is 0.0880. The summed E-state index contributed by atoms with van der Waals surface area (Å²) in [7, 11) is 0. The van der Waals surface area contributed by atoms with Crippen LogP contribution < -0.4 is 5.23 Å². The van der Waals surface area contributed by atoms with Gasteiger partial charge in [0.1, 0.15) is 12.6 Å². The fourth-order valence-electron chi connectivity index (χ4n) is 6.00. The number of nitrogens with one attached hydrogen (secondary N) is 2. The number of aromatic nitrogens is 1. The molecule has 2 aliphatic heterocycles. The Labute approximate surface area is 190 Å². The molecule has 2 amide bonds. The first-order chi connectivity index (χ1) is 16.0. The van der Waals surface area contributed by atoms with Gasteiger partial charge < -0.3 is 20.0 Å². The number of hydrogen-bond acceptors (Lipinski definition) is 4. The average Bonchev–Trinajstić information content (AvgIpc) is 3.48. The normalized spacial score (nSPS) is 24.3. The molecule has 3 aliphatic rings. The van der Waals surface area contributed by atoms with E-state index in [1.54, 1.807) is 28.0 Å². The van der Waals surface area contributed by atoms with Gasteiger partial charge in [0.05, 0.1) is 6.04 Å². The third kappa shape index (κ3) is 3.17. The molecule has 2 fully saturated rings. The lowest BCUT2D eigenvalue weighted by atomic mass is 9.85. The van der Waals surface area contributed by atoms with E-state index >= 15 is 0 Å². The molecule has 3 atom stereocenters. The minimum absolute atomic E-state index is 0.0109. The number of carbonyl (C=O) groups excluding carboxylic acids is 2. The lowest BCUT2D eigenvalue weighted by molar-refractivity contribution is -0.991. The van der Waals surface area contributed by atoms with Crippen molar-refractivity contribution in [3.63, 3.8) is 0 Å². The highest BCUT2D eigenvalue weighted by molar-refractivity contribution is 5.97. The number of piperazine rings is 1. The van der Waals surface area contributed by atoms with Gasteiger partial charge in [-0.15, -0.1) is 0 Å². The third-order valence-electron chi connectivity index (χ3n) is 7.51. The summed E-state index contributed by atoms with van der Waals surface area (Å²) < 4.78 is 0. The highest BCUT2D eigenvalue weighted by Crippen LogP contribution is 2.43. The smallest absolute Gasteiger partial charge is 0.246 e. The molecule has 170 valence electrons. The van der Waals surface area contributed by atoms with Crippen LogP contribution in [-0.2, 0) is 16.0 Å². The Bertz CT molecular complexity index is 1250. The van der Waals surface area contributed by atoms with Crippen molar-refractivity contribution < 1.29 is 20.0 Å². The van der Waals surface area contributed by atoms with Crippen LogP contribution in [0.4, 0.5) is 5.69 Å². The van der Waals surface area contributed by atoms with E-state index in [9.17, 15) is 20.0 Å². The third-order valence-corrected chi connectivity index (χ3v) is 7.51. The van der Waals surface area contributed by atoms with Gasteiger partial charge in [-0.25, -0.2) is 5.21 Å². The minimum atomic E-state index is -1.02. The molecule has 6 rings (SSSR count). The predicted octanol–water partition coefficient (Wildman–Crippen LogP) is 2.20. The zero-order chi connectivity index (χ0) is 22.7. The number of nitrogens with zero attached hydrogens (tertiary/aromatic N) is 2. The molecule has 0 bridgehead atoms. The van der Waals surface area contributed by atoms with Crippen molar-refractivity contribution in [2.24, 2.45) is 0 Å². The van der Waals surface area contributed by atoms with Gasteiger partial charge in [0.15, 0.2) is 5.69 Å². The second kappa shape index (κ2) is 7.69. The average molecular weight is 447 g/mol. The standard InChI is InChI=1S/C25H26N4O4/c30-22-14-27(16-7-1-2-8-16)25(31)21-13-19-18-10-3-4-11-20(18)26-23(19)24(28(21)22)15-6-5-9-17(12-15)29(32)33/h3-6,9-12,16,21,24,26,29,32H,1-2,7-8,13-14H2/t21-,24?/m0/s1. The molecule has 1 saturated heterocycles. The number of benzene rings is 2. The van der Waals surface area contributed by atoms with Gasteiger partial charge in [-0.05, 0) is 30.0 Å². The Morgan fingerprint density at radius 2 is 1.85 bits per heavy atom. The van der Waals surface area contributed by atoms with Gasteiger partial charge in [-0.1, -0.05) is 43.2 Å². The molecule has 1 saturated carbocycles. The number of hydrogen-bond donors (Lipinski definition) is 3. The Balaban J connectivity index is 1.51. The van der Waals surface area contributed by atoms with Gasteiger partial charge >= 0.3 is 0 Å². The van der Waals surface area contributed by atoms with Crippen molar-refractivity contribution in [3.05, 3.63) is 70.6 Å². The molecule has 0 radical (unpaired) electrons. The second-order valence-corrected chi connectivity index (χ2v) is 9.32. The summed E-state index contributed by atoms with van der Waals surface area (Å²) in [5.41, 5.74) is 3.71. The summed E-state index contributed by atoms with van der Waals surface area (Å²) in [5, 5.41) is 21.2. The molecule has 1 aromatic heterocycles. The van der Waals surface area contributed by atoms with Gasteiger partial charge in [0.2, 0.25) is 11.8 Å². The van der Waals surface area contributed by atoms with Crippen LogP contribution in [0.1, 0.15) is 48.5 Å². The van der Waals surface area contributed by atoms with Crippen LogP contribution in [0.5, 0.6) is 0 Å². The van der Waals surface area contributed by atoms with E-state index in [1.165, 1.54) is 0 Å². The van der Waals surface area contributed by atoms with E-state index in [0.29, 0.717) is 12.0 Å². The van der Waals surface area contributed by atoms with E-state index < -0.39 is 17.3 Å². The number of para-hydroxylation sites is 1. The van der Waals surface area contributed by atoms with Crippen LogP contribution in [0.25, 0.3) is 10.9 Å². The van der Waals surface area contributed by atoms with Gasteiger partial charge in [0.25, 0.3) is 0 Å². The van der Waals surface area contributed by atoms with E-state index in [-0.39, 0.29) is 30.1 Å². The summed E-state index contributed by atoms with van der Waals surface area (Å²) in [6, 6.07) is 13.7. The van der Waals surface area contributed by atoms with E-state index in [2.05, 4.69) is 4.98 Å². The molecular formula is C25H26N4O4. The highest BCUT2D eigenvalue weighted by atomic mass is 16.8. The first kappa shape index (κ1) is 20.4. The Hall–Kier alpha value is -3.20. The maximum atomic E-state index is 13.7. The minimum Gasteiger partial charge on any atom is -0.595 e. The molecule has 2 unspecified atom stereocenters. The zero-order valence-corrected chi connectivity index (χ0v) is 18.2. The van der Waals surface area contributed by atoms with Crippen LogP contribution in [0.2, 0.25) is 0 Å². The first-order valence-corrected chi connectivity index (χ1v) is 11.6. The number of quaternary nitrogens is 1. The summed E-state index contributed by atoms with van der Waals surface area (Å²) in [4.78, 5) is 34.3. The summed E-state index contributed by atoms with van der Waals surface area (Å²) in [6.07, 6.45) is 4.55. The lowest BCUT2D eigenvalue weighted by Gasteiger charge is -2.48. The molecule has 3 aromatic rings. The van der Waals surface area contributed by atoms with Crippen molar-refractivity contribution in [1.82, 2.24) is 14.8 Å². The maximum absolute atomic E-state index is 13.7. The summed E-state index contributed by atoms with van der Waals surface area (Å²) in [5.74, 6) is -0.0710. The van der Waals surface area contributed by atoms with Crippen LogP contribution in [-0.4, -0.2) is 50.4 Å². The van der Waals surface area contributed by atoms with E-state index in [4.69, 9.17) is 0 Å². The fraction of sp³-hybridized carbons (Fsp3) is 0.360. The SMILES string of the molecule is O=C1[C@@H]2Cc3c([nH]c4ccccc34)C(c3cccc([NH+]([O-])O)c3)N2C(=O)CN1C1CCCC1. The van der Waals surface area contributed by atoms with Crippen molar-refractivity contribution in [2.75, 3.05) is 6.54 Å². The van der Waals surface area contributed by atoms with E-state index in [1.807, 2.05) is 30.3 Å². The van der Waals surface area contributed by atoms with Crippen LogP contribution in [0, 0.1) is 5.21 Å². The van der Waals surface area contributed by atoms with Crippen LogP contribution in [0.3, 0.4) is 0 Å². The monoisotopic (exact) mass is 446 g/mol. The molecular weight excluding hydrogens is 420 g/mol. The quantitative estimate of drug-likeness (QED) is 0.537. The topological polar surface area (TPSA) is 104 Å². The van der Waals surface area contributed by atoms with Crippen molar-refractivity contribution in [1.29, 1.82) is 0 Å².